The van der Waals surface area contributed by atoms with E-state index in [1.165, 1.54) is 0 Å². The van der Waals surface area contributed by atoms with Gasteiger partial charge in [-0.2, -0.15) is 0 Å². The van der Waals surface area contributed by atoms with Crippen LogP contribution in [0, 0.1) is 0 Å². The number of hydrogen-bond donors (Lipinski definition) is 3. The van der Waals surface area contributed by atoms with Crippen molar-refractivity contribution in [2.75, 3.05) is 12.3 Å². The Hall–Kier alpha value is -1.44. The van der Waals surface area contributed by atoms with E-state index in [1.54, 1.807) is 6.92 Å². The summed E-state index contributed by atoms with van der Waals surface area (Å²) < 4.78 is 4.55. The average molecular weight is 262 g/mol. The molecule has 2 unspecified atom stereocenters. The molecule has 1 aromatic rings. The van der Waals surface area contributed by atoms with E-state index in [0.29, 0.717) is 0 Å². The van der Waals surface area contributed by atoms with Gasteiger partial charge in [0.05, 0.1) is 12.8 Å². The smallest absolute Gasteiger partial charge is 0.338 e. The number of aromatic nitrogens is 2. The van der Waals surface area contributed by atoms with Crippen LogP contribution in [0.5, 0.6) is 0 Å². The minimum Gasteiger partial charge on any atom is -0.464 e. The van der Waals surface area contributed by atoms with Crippen LogP contribution < -0.4 is 5.73 Å². The first-order chi connectivity index (χ1) is 7.97. The second-order valence-electron chi connectivity index (χ2n) is 3.10. The first-order valence-electron chi connectivity index (χ1n) is 4.78. The van der Waals surface area contributed by atoms with Gasteiger partial charge in [0.1, 0.15) is 22.8 Å². The monoisotopic (exact) mass is 261 g/mol. The summed E-state index contributed by atoms with van der Waals surface area (Å²) in [5.74, 6) is -1.12. The van der Waals surface area contributed by atoms with Gasteiger partial charge >= 0.3 is 5.97 Å². The summed E-state index contributed by atoms with van der Waals surface area (Å²) in [5.41, 5.74) is 5.32. The number of aliphatic hydroxyl groups excluding tert-OH is 2. The highest BCUT2D eigenvalue weighted by molar-refractivity contribution is 6.29. The zero-order valence-electron chi connectivity index (χ0n) is 9.00. The minimum absolute atomic E-state index is 0.0454. The van der Waals surface area contributed by atoms with E-state index in [4.69, 9.17) is 17.3 Å². The quantitative estimate of drug-likeness (QED) is 0.635. The molecule has 0 bridgehead atoms. The number of nitrogens with zero attached hydrogens (tertiary/aromatic N) is 2. The Balaban J connectivity index is 2.88. The molecule has 0 fully saturated rings. The molecule has 0 aliphatic rings. The van der Waals surface area contributed by atoms with Gasteiger partial charge in [-0.1, -0.05) is 11.6 Å². The Bertz CT molecular complexity index is 415. The van der Waals surface area contributed by atoms with E-state index in [0.717, 1.165) is 6.20 Å². The maximum Gasteiger partial charge on any atom is 0.338 e. The maximum absolute atomic E-state index is 11.2. The number of carbonyl (C=O) groups excluding carboxylic acids is 1. The first-order valence-corrected chi connectivity index (χ1v) is 5.15. The summed E-state index contributed by atoms with van der Waals surface area (Å²) in [6, 6.07) is 0. The molecule has 0 aliphatic carbocycles. The van der Waals surface area contributed by atoms with Crippen molar-refractivity contribution in [2.24, 2.45) is 0 Å². The molecule has 0 aromatic carbocycles. The molecule has 0 saturated carbocycles. The zero-order valence-corrected chi connectivity index (χ0v) is 9.76. The van der Waals surface area contributed by atoms with Crippen LogP contribution in [-0.4, -0.2) is 38.9 Å². The third-order valence-corrected chi connectivity index (χ3v) is 2.09. The summed E-state index contributed by atoms with van der Waals surface area (Å²) in [4.78, 5) is 18.5. The second-order valence-corrected chi connectivity index (χ2v) is 3.49. The van der Waals surface area contributed by atoms with Gasteiger partial charge in [0.2, 0.25) is 0 Å². The molecule has 1 rings (SSSR count). The van der Waals surface area contributed by atoms with Crippen LogP contribution in [0.15, 0.2) is 6.20 Å². The number of hydrogen-bond acceptors (Lipinski definition) is 7. The predicted molar refractivity (Wildman–Crippen MR) is 59.1 cm³/mol. The molecule has 0 amide bonds. The number of ether oxygens (including phenoxy) is 1. The van der Waals surface area contributed by atoms with Crippen molar-refractivity contribution < 1.29 is 19.7 Å². The molecule has 1 aromatic heterocycles. The highest BCUT2D eigenvalue weighted by atomic mass is 35.5. The molecule has 0 radical (unpaired) electrons. The normalized spacial score (nSPS) is 14.1. The second kappa shape index (κ2) is 5.76. The van der Waals surface area contributed by atoms with Gasteiger partial charge in [-0.05, 0) is 6.92 Å². The van der Waals surface area contributed by atoms with Gasteiger partial charge in [0.25, 0.3) is 0 Å². The van der Waals surface area contributed by atoms with Crippen LogP contribution in [0.3, 0.4) is 0 Å². The number of aliphatic hydroxyl groups is 2. The summed E-state index contributed by atoms with van der Waals surface area (Å²) in [6.45, 7) is 1.66. The molecule has 2 atom stereocenters. The Labute approximate surface area is 102 Å². The Morgan fingerprint density at radius 2 is 2.29 bits per heavy atom. The first kappa shape index (κ1) is 13.6. The Morgan fingerprint density at radius 3 is 2.82 bits per heavy atom. The van der Waals surface area contributed by atoms with Gasteiger partial charge in [0, 0.05) is 0 Å². The van der Waals surface area contributed by atoms with Crippen molar-refractivity contribution in [1.29, 1.82) is 0 Å². The topological polar surface area (TPSA) is 119 Å². The number of carbonyl (C=O) groups is 1. The van der Waals surface area contributed by atoms with Gasteiger partial charge in [-0.3, -0.25) is 4.98 Å². The third-order valence-electron chi connectivity index (χ3n) is 1.91. The third kappa shape index (κ3) is 3.26. The molecular formula is C9H12ClN3O4. The molecular weight excluding hydrogens is 250 g/mol. The number of esters is 1. The highest BCUT2D eigenvalue weighted by Crippen LogP contribution is 2.21. The van der Waals surface area contributed by atoms with E-state index in [2.05, 4.69) is 14.7 Å². The van der Waals surface area contributed by atoms with E-state index in [-0.39, 0.29) is 23.3 Å². The molecule has 1 heterocycles. The van der Waals surface area contributed by atoms with Crippen LogP contribution in [0.2, 0.25) is 5.15 Å². The number of halogens is 1. The predicted octanol–water partition coefficient (Wildman–Crippen LogP) is -0.330. The van der Waals surface area contributed by atoms with Crippen LogP contribution in [-0.2, 0) is 9.53 Å². The van der Waals surface area contributed by atoms with E-state index in [1.807, 2.05) is 0 Å². The van der Waals surface area contributed by atoms with Crippen molar-refractivity contribution >= 4 is 23.4 Å². The molecule has 0 spiro atoms. The van der Waals surface area contributed by atoms with Gasteiger partial charge in [0.15, 0.2) is 6.10 Å². The van der Waals surface area contributed by atoms with Crippen molar-refractivity contribution in [3.05, 3.63) is 17.0 Å². The lowest BCUT2D eigenvalue weighted by Crippen LogP contribution is -2.31. The van der Waals surface area contributed by atoms with Crippen molar-refractivity contribution in [2.45, 2.75) is 19.1 Å². The molecule has 8 heteroatoms. The largest absolute Gasteiger partial charge is 0.464 e. The maximum atomic E-state index is 11.2. The van der Waals surface area contributed by atoms with E-state index in [9.17, 15) is 15.0 Å². The Kier molecular flexibility index (Phi) is 4.62. The minimum atomic E-state index is -1.77. The number of nitrogen functional groups attached to an aromatic ring is 1. The number of rotatable bonds is 4. The van der Waals surface area contributed by atoms with Crippen LogP contribution >= 0.6 is 11.6 Å². The van der Waals surface area contributed by atoms with Crippen LogP contribution in [0.1, 0.15) is 18.7 Å². The van der Waals surface area contributed by atoms with Crippen LogP contribution in [0.4, 0.5) is 5.82 Å². The Morgan fingerprint density at radius 1 is 1.65 bits per heavy atom. The molecule has 94 valence electrons. The van der Waals surface area contributed by atoms with Crippen LogP contribution in [0.25, 0.3) is 0 Å². The SMILES string of the molecule is CCOC(=O)C(O)C(O)c1ncc(Cl)nc1N. The number of nitrogens with two attached hydrogens (primary N) is 1. The molecule has 4 N–H and O–H groups in total. The zero-order chi connectivity index (χ0) is 13.0. The molecule has 17 heavy (non-hydrogen) atoms. The fraction of sp³-hybridized carbons (Fsp3) is 0.444. The van der Waals surface area contributed by atoms with Gasteiger partial charge in [-0.25, -0.2) is 9.78 Å². The summed E-state index contributed by atoms with van der Waals surface area (Å²) in [7, 11) is 0. The van der Waals surface area contributed by atoms with Gasteiger partial charge < -0.3 is 20.7 Å². The summed E-state index contributed by atoms with van der Waals surface area (Å²) >= 11 is 5.52. The summed E-state index contributed by atoms with van der Waals surface area (Å²) in [6.07, 6.45) is -2.24. The van der Waals surface area contributed by atoms with Crippen molar-refractivity contribution in [3.8, 4) is 0 Å². The highest BCUT2D eigenvalue weighted by Gasteiger charge is 2.29. The molecule has 0 saturated heterocycles. The number of anilines is 1. The van der Waals surface area contributed by atoms with E-state index < -0.39 is 18.2 Å². The average Bonchev–Trinajstić information content (AvgIpc) is 2.27. The lowest BCUT2D eigenvalue weighted by molar-refractivity contribution is -0.159. The van der Waals surface area contributed by atoms with Crippen molar-refractivity contribution in [3.63, 3.8) is 0 Å². The molecule has 0 aliphatic heterocycles. The fourth-order valence-corrected chi connectivity index (χ4v) is 1.26. The molecule has 7 nitrogen and oxygen atoms in total. The van der Waals surface area contributed by atoms with E-state index >= 15 is 0 Å². The van der Waals surface area contributed by atoms with Gasteiger partial charge in [-0.15, -0.1) is 0 Å². The summed E-state index contributed by atoms with van der Waals surface area (Å²) in [5, 5.41) is 19.2. The van der Waals surface area contributed by atoms with Crippen molar-refractivity contribution in [1.82, 2.24) is 9.97 Å². The lowest BCUT2D eigenvalue weighted by Gasteiger charge is -2.16. The lowest BCUT2D eigenvalue weighted by atomic mass is 10.1. The fourth-order valence-electron chi connectivity index (χ4n) is 1.12. The standard InChI is InChI=1S/C9H12ClN3O4/c1-2-17-9(16)7(15)6(14)5-8(11)13-4(10)3-12-5/h3,6-7,14-15H,2H2,1H3,(H2,11,13).